The molecule has 0 saturated heterocycles. The smallest absolute Gasteiger partial charge is 1.00 e. The van der Waals surface area contributed by atoms with Crippen LogP contribution < -0.4 is 54.9 Å². The van der Waals surface area contributed by atoms with Crippen LogP contribution in [0.4, 0.5) is 5.69 Å². The number of fused-ring (bicyclic) bond motifs is 1. The second-order valence-corrected chi connectivity index (χ2v) is 6.17. The maximum atomic E-state index is 6.04. The normalized spacial score (nSPS) is 10.4. The summed E-state index contributed by atoms with van der Waals surface area (Å²) in [6.07, 6.45) is 4.21. The summed E-state index contributed by atoms with van der Waals surface area (Å²) < 4.78 is 0. The Bertz CT molecular complexity index is 615. The van der Waals surface area contributed by atoms with Crippen molar-refractivity contribution in [1.82, 2.24) is 9.88 Å². The standard InChI is InChI=1S/C18H26ClN3.4ClH.Ti/c1-4-22(5-2)12-6-7-14(3)21-17-10-11-20-18-13-15(19)8-9-16(17)18;;;;;/h8-11,13-14H,4-7,12H2,1-3H3,(H,20,21);4*1H;/q;;;;;+4/p-4. The van der Waals surface area contributed by atoms with Crippen LogP contribution in [0.2, 0.25) is 5.02 Å². The summed E-state index contributed by atoms with van der Waals surface area (Å²) in [7, 11) is 0. The van der Waals surface area contributed by atoms with E-state index in [1.807, 2.05) is 30.5 Å². The Hall–Kier alpha value is 0.554. The Balaban J connectivity index is -0.000000529. The van der Waals surface area contributed by atoms with Crippen molar-refractivity contribution >= 4 is 28.2 Å². The molecule has 0 saturated carbocycles. The molecule has 0 aliphatic heterocycles. The first kappa shape index (κ1) is 35.0. The van der Waals surface area contributed by atoms with Crippen LogP contribution in [0.15, 0.2) is 30.5 Å². The number of nitrogens with zero attached hydrogens (tertiary/aromatic N) is 2. The van der Waals surface area contributed by atoms with Gasteiger partial charge in [0.2, 0.25) is 0 Å². The van der Waals surface area contributed by atoms with Gasteiger partial charge in [0.25, 0.3) is 0 Å². The maximum Gasteiger partial charge on any atom is 4.00 e. The van der Waals surface area contributed by atoms with Crippen molar-refractivity contribution in [3.63, 3.8) is 0 Å². The van der Waals surface area contributed by atoms with Gasteiger partial charge >= 0.3 is 21.7 Å². The van der Waals surface area contributed by atoms with Gasteiger partial charge in [0.1, 0.15) is 0 Å². The summed E-state index contributed by atoms with van der Waals surface area (Å²) >= 11 is 6.04. The Morgan fingerprint density at radius 3 is 2.30 bits per heavy atom. The molecule has 0 radical (unpaired) electrons. The van der Waals surface area contributed by atoms with E-state index < -0.39 is 0 Å². The first-order valence-corrected chi connectivity index (χ1v) is 8.55. The van der Waals surface area contributed by atoms with Crippen LogP contribution in [0.5, 0.6) is 0 Å². The first-order valence-electron chi connectivity index (χ1n) is 8.17. The van der Waals surface area contributed by atoms with Crippen LogP contribution >= 0.6 is 11.6 Å². The third-order valence-electron chi connectivity index (χ3n) is 4.11. The van der Waals surface area contributed by atoms with Gasteiger partial charge in [-0.3, -0.25) is 4.98 Å². The number of hydrogen-bond acceptors (Lipinski definition) is 3. The van der Waals surface area contributed by atoms with E-state index in [1.54, 1.807) is 0 Å². The average molecular weight is 510 g/mol. The molecule has 1 atom stereocenters. The van der Waals surface area contributed by atoms with Gasteiger partial charge in [-0.1, -0.05) is 25.4 Å². The van der Waals surface area contributed by atoms with Crippen LogP contribution in [-0.4, -0.2) is 35.6 Å². The van der Waals surface area contributed by atoms with Gasteiger partial charge in [0, 0.05) is 28.3 Å². The van der Waals surface area contributed by atoms with Crippen molar-refractivity contribution < 1.29 is 71.3 Å². The van der Waals surface area contributed by atoms with Crippen LogP contribution in [0.1, 0.15) is 33.6 Å². The van der Waals surface area contributed by atoms with Crippen molar-refractivity contribution in [2.24, 2.45) is 0 Å². The first-order chi connectivity index (χ1) is 10.6. The number of aromatic nitrogens is 1. The molecule has 3 nitrogen and oxygen atoms in total. The van der Waals surface area contributed by atoms with Gasteiger partial charge < -0.3 is 59.8 Å². The number of benzene rings is 1. The van der Waals surface area contributed by atoms with E-state index in [0.717, 1.165) is 41.1 Å². The van der Waals surface area contributed by atoms with Crippen molar-refractivity contribution in [2.75, 3.05) is 25.0 Å². The zero-order chi connectivity index (χ0) is 15.9. The monoisotopic (exact) mass is 507 g/mol. The number of anilines is 1. The van der Waals surface area contributed by atoms with Crippen LogP contribution in [0.3, 0.4) is 0 Å². The molecule has 1 aromatic carbocycles. The summed E-state index contributed by atoms with van der Waals surface area (Å²) in [4.78, 5) is 6.86. The van der Waals surface area contributed by atoms with Crippen molar-refractivity contribution in [3.05, 3.63) is 35.5 Å². The predicted octanol–water partition coefficient (Wildman–Crippen LogP) is -7.18. The van der Waals surface area contributed by atoms with E-state index in [9.17, 15) is 0 Å². The second kappa shape index (κ2) is 18.6. The van der Waals surface area contributed by atoms with Crippen LogP contribution in [0.25, 0.3) is 10.9 Å². The Morgan fingerprint density at radius 1 is 1.07 bits per heavy atom. The molecule has 0 aliphatic rings. The van der Waals surface area contributed by atoms with E-state index in [0.29, 0.717) is 6.04 Å². The maximum absolute atomic E-state index is 6.04. The minimum absolute atomic E-state index is 0. The van der Waals surface area contributed by atoms with E-state index in [2.05, 4.69) is 36.0 Å². The van der Waals surface area contributed by atoms with Gasteiger partial charge in [0.15, 0.2) is 0 Å². The SMILES string of the molecule is CCN(CC)CCCC(C)Nc1ccnc2cc(Cl)ccc12.[Cl-].[Cl-].[Cl-].[Cl-].[Ti+4]. The van der Waals surface area contributed by atoms with E-state index in [1.165, 1.54) is 13.0 Å². The third-order valence-corrected chi connectivity index (χ3v) is 4.35. The van der Waals surface area contributed by atoms with Gasteiger partial charge in [-0.15, -0.1) is 0 Å². The van der Waals surface area contributed by atoms with E-state index in [4.69, 9.17) is 11.6 Å². The molecule has 0 bridgehead atoms. The van der Waals surface area contributed by atoms with Gasteiger partial charge in [-0.05, 0) is 63.7 Å². The Labute approximate surface area is 208 Å². The number of hydrogen-bond donors (Lipinski definition) is 1. The molecular weight excluding hydrogens is 483 g/mol. The van der Waals surface area contributed by atoms with Gasteiger partial charge in [-0.2, -0.15) is 0 Å². The molecule has 27 heavy (non-hydrogen) atoms. The van der Waals surface area contributed by atoms with E-state index in [-0.39, 0.29) is 71.3 Å². The molecule has 0 spiro atoms. The Morgan fingerprint density at radius 2 is 1.70 bits per heavy atom. The minimum atomic E-state index is 0. The number of halogens is 5. The van der Waals surface area contributed by atoms with Crippen molar-refractivity contribution in [3.8, 4) is 0 Å². The minimum Gasteiger partial charge on any atom is -1.00 e. The fourth-order valence-corrected chi connectivity index (χ4v) is 2.91. The summed E-state index contributed by atoms with van der Waals surface area (Å²) in [5.74, 6) is 0. The molecule has 1 N–H and O–H groups in total. The Kier molecular flexibility index (Phi) is 24.1. The van der Waals surface area contributed by atoms with Gasteiger partial charge in [-0.25, -0.2) is 0 Å². The molecule has 0 aliphatic carbocycles. The van der Waals surface area contributed by atoms with Gasteiger partial charge in [0.05, 0.1) is 5.52 Å². The zero-order valence-corrected chi connectivity index (χ0v) is 21.1. The summed E-state index contributed by atoms with van der Waals surface area (Å²) in [5, 5.41) is 5.47. The largest absolute Gasteiger partial charge is 4.00 e. The molecule has 1 unspecified atom stereocenters. The zero-order valence-electron chi connectivity index (χ0n) is 15.8. The second-order valence-electron chi connectivity index (χ2n) is 5.73. The van der Waals surface area contributed by atoms with E-state index >= 15 is 0 Å². The van der Waals surface area contributed by atoms with Crippen molar-refractivity contribution in [2.45, 2.75) is 39.7 Å². The molecular formula is C18H26Cl5N3Ti. The fraction of sp³-hybridized carbons (Fsp3) is 0.500. The number of rotatable bonds is 8. The average Bonchev–Trinajstić information content (AvgIpc) is 2.51. The van der Waals surface area contributed by atoms with Crippen molar-refractivity contribution in [1.29, 1.82) is 0 Å². The number of nitrogens with one attached hydrogen (secondary N) is 1. The van der Waals surface area contributed by atoms with Crippen LogP contribution in [-0.2, 0) is 21.7 Å². The third kappa shape index (κ3) is 11.4. The molecule has 2 rings (SSSR count). The quantitative estimate of drug-likeness (QED) is 0.359. The molecule has 1 aromatic heterocycles. The summed E-state index contributed by atoms with van der Waals surface area (Å²) in [6.45, 7) is 10.1. The summed E-state index contributed by atoms with van der Waals surface area (Å²) in [5.41, 5.74) is 2.07. The number of pyridine rings is 1. The molecule has 0 fully saturated rings. The molecule has 2 aromatic rings. The predicted molar refractivity (Wildman–Crippen MR) is 96.9 cm³/mol. The molecule has 1 heterocycles. The fourth-order valence-electron chi connectivity index (χ4n) is 2.75. The molecule has 0 amide bonds. The van der Waals surface area contributed by atoms with Crippen LogP contribution in [0, 0.1) is 0 Å². The summed E-state index contributed by atoms with van der Waals surface area (Å²) in [6, 6.07) is 8.35. The molecule has 9 heteroatoms. The topological polar surface area (TPSA) is 28.2 Å². The molecule has 152 valence electrons.